The predicted octanol–water partition coefficient (Wildman–Crippen LogP) is 0.0230. The smallest absolute Gasteiger partial charge is 0.318 e. The third-order valence-electron chi connectivity index (χ3n) is 3.46. The maximum absolute atomic E-state index is 12.2. The van der Waals surface area contributed by atoms with Gasteiger partial charge in [-0.2, -0.15) is 5.10 Å². The number of likely N-dealkylation sites (tertiary alicyclic amines) is 1. The number of aromatic nitrogens is 2. The second kappa shape index (κ2) is 6.90. The van der Waals surface area contributed by atoms with Crippen molar-refractivity contribution in [3.8, 4) is 0 Å². The minimum atomic E-state index is -3.24. The van der Waals surface area contributed by atoms with Crippen LogP contribution in [-0.4, -0.2) is 54.9 Å². The topological polar surface area (TPSA) is 107 Å². The van der Waals surface area contributed by atoms with Gasteiger partial charge in [-0.05, 0) is 25.3 Å². The van der Waals surface area contributed by atoms with Crippen LogP contribution in [0.2, 0.25) is 0 Å². The highest BCUT2D eigenvalue weighted by molar-refractivity contribution is 7.88. The van der Waals surface area contributed by atoms with Crippen LogP contribution in [0.25, 0.3) is 0 Å². The standard InChI is InChI=1S/C12H21N5O3S/c1-21(19,20)15-9-11-4-2-3-7-17(11)12(18)13-8-10-5-6-14-16-10/h5-6,11,15H,2-4,7-9H2,1H3,(H,13,18)(H,14,16)/t11-/m1/s1. The fourth-order valence-corrected chi connectivity index (χ4v) is 2.88. The minimum absolute atomic E-state index is 0.102. The van der Waals surface area contributed by atoms with E-state index in [1.165, 1.54) is 0 Å². The van der Waals surface area contributed by atoms with E-state index >= 15 is 0 Å². The number of amides is 2. The summed E-state index contributed by atoms with van der Waals surface area (Å²) in [4.78, 5) is 13.9. The van der Waals surface area contributed by atoms with Crippen LogP contribution in [0.1, 0.15) is 25.0 Å². The van der Waals surface area contributed by atoms with Crippen molar-refractivity contribution in [3.63, 3.8) is 0 Å². The van der Waals surface area contributed by atoms with Gasteiger partial charge in [0, 0.05) is 25.3 Å². The van der Waals surface area contributed by atoms with E-state index in [-0.39, 0.29) is 18.6 Å². The summed E-state index contributed by atoms with van der Waals surface area (Å²) < 4.78 is 24.9. The summed E-state index contributed by atoms with van der Waals surface area (Å²) in [5.74, 6) is 0. The molecule has 0 bridgehead atoms. The van der Waals surface area contributed by atoms with Crippen molar-refractivity contribution in [3.05, 3.63) is 18.0 Å². The Morgan fingerprint density at radius 3 is 3.00 bits per heavy atom. The zero-order valence-corrected chi connectivity index (χ0v) is 12.8. The lowest BCUT2D eigenvalue weighted by Gasteiger charge is -2.35. The van der Waals surface area contributed by atoms with E-state index in [9.17, 15) is 13.2 Å². The molecular formula is C12H21N5O3S. The van der Waals surface area contributed by atoms with Gasteiger partial charge in [-0.3, -0.25) is 5.10 Å². The number of piperidine rings is 1. The Morgan fingerprint density at radius 1 is 1.52 bits per heavy atom. The van der Waals surface area contributed by atoms with Crippen molar-refractivity contribution < 1.29 is 13.2 Å². The molecule has 0 unspecified atom stereocenters. The second-order valence-corrected chi connectivity index (χ2v) is 7.04. The first-order valence-corrected chi connectivity index (χ1v) is 8.82. The van der Waals surface area contributed by atoms with E-state index in [0.717, 1.165) is 31.2 Å². The second-order valence-electron chi connectivity index (χ2n) is 5.20. The highest BCUT2D eigenvalue weighted by Crippen LogP contribution is 2.16. The number of hydrogen-bond acceptors (Lipinski definition) is 4. The van der Waals surface area contributed by atoms with Crippen LogP contribution in [0.3, 0.4) is 0 Å². The molecule has 118 valence electrons. The van der Waals surface area contributed by atoms with E-state index in [0.29, 0.717) is 13.1 Å². The molecular weight excluding hydrogens is 294 g/mol. The number of nitrogens with one attached hydrogen (secondary N) is 3. The molecule has 2 heterocycles. The molecule has 0 saturated carbocycles. The van der Waals surface area contributed by atoms with Crippen LogP contribution in [0.5, 0.6) is 0 Å². The van der Waals surface area contributed by atoms with Gasteiger partial charge in [0.25, 0.3) is 0 Å². The number of H-pyrrole nitrogens is 1. The molecule has 2 amide bonds. The lowest BCUT2D eigenvalue weighted by atomic mass is 10.0. The van der Waals surface area contributed by atoms with Crippen LogP contribution in [0.4, 0.5) is 4.79 Å². The summed E-state index contributed by atoms with van der Waals surface area (Å²) in [5, 5.41) is 9.41. The number of carbonyl (C=O) groups excluding carboxylic acids is 1. The molecule has 1 aliphatic rings. The van der Waals surface area contributed by atoms with Crippen molar-refractivity contribution in [1.29, 1.82) is 0 Å². The number of sulfonamides is 1. The van der Waals surface area contributed by atoms with Crippen molar-refractivity contribution in [2.24, 2.45) is 0 Å². The average Bonchev–Trinajstić information content (AvgIpc) is 2.95. The maximum Gasteiger partial charge on any atom is 0.318 e. The Hall–Kier alpha value is -1.61. The molecule has 1 aromatic rings. The molecule has 2 rings (SSSR count). The minimum Gasteiger partial charge on any atom is -0.332 e. The van der Waals surface area contributed by atoms with Gasteiger partial charge in [-0.25, -0.2) is 17.9 Å². The number of nitrogens with zero attached hydrogens (tertiary/aromatic N) is 2. The van der Waals surface area contributed by atoms with E-state index in [4.69, 9.17) is 0 Å². The first-order valence-electron chi connectivity index (χ1n) is 6.93. The van der Waals surface area contributed by atoms with Gasteiger partial charge in [0.15, 0.2) is 0 Å². The summed E-state index contributed by atoms with van der Waals surface area (Å²) in [5.41, 5.74) is 0.825. The van der Waals surface area contributed by atoms with E-state index in [1.807, 2.05) is 0 Å². The van der Waals surface area contributed by atoms with Crippen LogP contribution in [-0.2, 0) is 16.6 Å². The monoisotopic (exact) mass is 315 g/mol. The third kappa shape index (κ3) is 5.01. The van der Waals surface area contributed by atoms with Crippen molar-refractivity contribution in [2.45, 2.75) is 31.8 Å². The number of urea groups is 1. The fraction of sp³-hybridized carbons (Fsp3) is 0.667. The Kier molecular flexibility index (Phi) is 5.18. The molecule has 3 N–H and O–H groups in total. The quantitative estimate of drug-likeness (QED) is 0.712. The summed E-state index contributed by atoms with van der Waals surface area (Å²) in [7, 11) is -3.24. The summed E-state index contributed by atoms with van der Waals surface area (Å²) in [6.07, 6.45) is 5.49. The van der Waals surface area contributed by atoms with Crippen molar-refractivity contribution in [2.75, 3.05) is 19.3 Å². The van der Waals surface area contributed by atoms with Crippen molar-refractivity contribution in [1.82, 2.24) is 25.1 Å². The van der Waals surface area contributed by atoms with Crippen LogP contribution < -0.4 is 10.0 Å². The van der Waals surface area contributed by atoms with Gasteiger partial charge < -0.3 is 10.2 Å². The first-order chi connectivity index (χ1) is 9.96. The summed E-state index contributed by atoms with van der Waals surface area (Å²) >= 11 is 0. The molecule has 0 aliphatic carbocycles. The van der Waals surface area contributed by atoms with Crippen LogP contribution >= 0.6 is 0 Å². The lowest BCUT2D eigenvalue weighted by molar-refractivity contribution is 0.151. The van der Waals surface area contributed by atoms with E-state index in [1.54, 1.807) is 17.2 Å². The number of aromatic amines is 1. The Morgan fingerprint density at radius 2 is 2.33 bits per heavy atom. The zero-order chi connectivity index (χ0) is 15.3. The van der Waals surface area contributed by atoms with Gasteiger partial charge >= 0.3 is 6.03 Å². The molecule has 0 aromatic carbocycles. The SMILES string of the molecule is CS(=O)(=O)NC[C@H]1CCCCN1C(=O)NCc1ccn[nH]1. The molecule has 8 nitrogen and oxygen atoms in total. The average molecular weight is 315 g/mol. The molecule has 0 spiro atoms. The van der Waals surface area contributed by atoms with Gasteiger partial charge in [0.2, 0.25) is 10.0 Å². The third-order valence-corrected chi connectivity index (χ3v) is 4.15. The van der Waals surface area contributed by atoms with E-state index < -0.39 is 10.0 Å². The van der Waals surface area contributed by atoms with Gasteiger partial charge in [-0.1, -0.05) is 0 Å². The molecule has 21 heavy (non-hydrogen) atoms. The Balaban J connectivity index is 1.89. The molecule has 1 atom stereocenters. The molecule has 1 saturated heterocycles. The lowest BCUT2D eigenvalue weighted by Crippen LogP contribution is -2.52. The Labute approximate surface area is 124 Å². The summed E-state index contributed by atoms with van der Waals surface area (Å²) in [6.45, 7) is 1.28. The molecule has 0 radical (unpaired) electrons. The van der Waals surface area contributed by atoms with Crippen LogP contribution in [0.15, 0.2) is 12.3 Å². The zero-order valence-electron chi connectivity index (χ0n) is 12.0. The van der Waals surface area contributed by atoms with Gasteiger partial charge in [0.05, 0.1) is 18.5 Å². The largest absolute Gasteiger partial charge is 0.332 e. The number of hydrogen-bond donors (Lipinski definition) is 3. The molecule has 1 fully saturated rings. The Bertz CT molecular complexity index is 557. The normalized spacial score (nSPS) is 19.5. The number of rotatable bonds is 5. The summed E-state index contributed by atoms with van der Waals surface area (Å²) in [6, 6.07) is 1.51. The fourth-order valence-electron chi connectivity index (χ4n) is 2.38. The highest BCUT2D eigenvalue weighted by Gasteiger charge is 2.27. The molecule has 1 aromatic heterocycles. The first kappa shape index (κ1) is 15.8. The van der Waals surface area contributed by atoms with E-state index in [2.05, 4.69) is 20.2 Å². The molecule has 9 heteroatoms. The highest BCUT2D eigenvalue weighted by atomic mass is 32.2. The van der Waals surface area contributed by atoms with Gasteiger partial charge in [0.1, 0.15) is 0 Å². The van der Waals surface area contributed by atoms with Gasteiger partial charge in [-0.15, -0.1) is 0 Å². The number of carbonyl (C=O) groups is 1. The van der Waals surface area contributed by atoms with Crippen molar-refractivity contribution >= 4 is 16.1 Å². The molecule has 1 aliphatic heterocycles. The predicted molar refractivity (Wildman–Crippen MR) is 78.0 cm³/mol. The maximum atomic E-state index is 12.2. The van der Waals surface area contributed by atoms with Crippen LogP contribution in [0, 0.1) is 0 Å².